The zero-order valence-corrected chi connectivity index (χ0v) is 18.2. The van der Waals surface area contributed by atoms with E-state index >= 15 is 0 Å². The smallest absolute Gasteiger partial charge is 0.124 e. The molecule has 0 heterocycles. The first-order valence-corrected chi connectivity index (χ1v) is 11.8. The van der Waals surface area contributed by atoms with Gasteiger partial charge in [0.2, 0.25) is 0 Å². The topological polar surface area (TPSA) is 187 Å². The predicted molar refractivity (Wildman–Crippen MR) is 113 cm³/mol. The van der Waals surface area contributed by atoms with Crippen LogP contribution < -0.4 is 28.2 Å². The SMILES string of the molecule is O=S(=O)([O-])c1cccc(P(c2ccccc2)c2cccc(S(=O)(=O)[O-])c2)c1.[NH4+].[NH4+]. The highest BCUT2D eigenvalue weighted by Crippen LogP contribution is 2.34. The summed E-state index contributed by atoms with van der Waals surface area (Å²) in [6.07, 6.45) is 0. The Labute approximate surface area is 171 Å². The van der Waals surface area contributed by atoms with E-state index in [0.29, 0.717) is 10.6 Å². The molecular weight excluding hydrogens is 435 g/mol. The van der Waals surface area contributed by atoms with E-state index in [-0.39, 0.29) is 22.1 Å². The Bertz CT molecular complexity index is 1110. The van der Waals surface area contributed by atoms with Gasteiger partial charge in [0.1, 0.15) is 20.2 Å². The molecule has 156 valence electrons. The second-order valence-corrected chi connectivity index (χ2v) is 10.6. The van der Waals surface area contributed by atoms with Crippen molar-refractivity contribution in [1.82, 2.24) is 12.3 Å². The van der Waals surface area contributed by atoms with Gasteiger partial charge in [0, 0.05) is 0 Å². The summed E-state index contributed by atoms with van der Waals surface area (Å²) in [5.41, 5.74) is 0. The highest BCUT2D eigenvalue weighted by atomic mass is 32.2. The second kappa shape index (κ2) is 9.55. The summed E-state index contributed by atoms with van der Waals surface area (Å²) in [5, 5.41) is 1.91. The third kappa shape index (κ3) is 5.91. The van der Waals surface area contributed by atoms with Crippen LogP contribution in [0.5, 0.6) is 0 Å². The van der Waals surface area contributed by atoms with Crippen LogP contribution in [0.15, 0.2) is 88.7 Å². The molecule has 8 N–H and O–H groups in total. The molecule has 3 aromatic carbocycles. The monoisotopic (exact) mass is 456 g/mol. The molecule has 3 rings (SSSR count). The molecule has 0 atom stereocenters. The summed E-state index contributed by atoms with van der Waals surface area (Å²) >= 11 is 0. The van der Waals surface area contributed by atoms with Crippen LogP contribution in [-0.2, 0) is 20.2 Å². The summed E-state index contributed by atoms with van der Waals surface area (Å²) in [4.78, 5) is -0.730. The van der Waals surface area contributed by atoms with Crippen LogP contribution in [0.25, 0.3) is 0 Å². The van der Waals surface area contributed by atoms with Gasteiger partial charge in [-0.1, -0.05) is 54.6 Å². The average Bonchev–Trinajstić information content (AvgIpc) is 2.62. The van der Waals surface area contributed by atoms with Crippen LogP contribution in [0.2, 0.25) is 0 Å². The highest BCUT2D eigenvalue weighted by molar-refractivity contribution is 7.86. The Morgan fingerprint density at radius 1 is 0.552 bits per heavy atom. The normalized spacial score (nSPS) is 11.4. The molecule has 0 unspecified atom stereocenters. The first-order valence-electron chi connectivity index (χ1n) is 7.63. The lowest BCUT2D eigenvalue weighted by molar-refractivity contribution is 0.461. The highest BCUT2D eigenvalue weighted by Gasteiger charge is 2.18. The van der Waals surface area contributed by atoms with Crippen molar-refractivity contribution in [3.63, 3.8) is 0 Å². The maximum Gasteiger partial charge on any atom is 0.124 e. The molecule has 29 heavy (non-hydrogen) atoms. The minimum absolute atomic E-state index is 0. The molecule has 0 saturated heterocycles. The minimum atomic E-state index is -4.64. The molecule has 0 fully saturated rings. The third-order valence-electron chi connectivity index (χ3n) is 3.74. The fraction of sp³-hybridized carbons (Fsp3) is 0. The molecule has 11 heteroatoms. The molecule has 0 spiro atoms. The Kier molecular flexibility index (Phi) is 8.19. The van der Waals surface area contributed by atoms with Crippen molar-refractivity contribution < 1.29 is 25.9 Å². The first kappa shape index (κ1) is 24.9. The summed E-state index contributed by atoms with van der Waals surface area (Å²) in [6, 6.07) is 20.3. The van der Waals surface area contributed by atoms with E-state index in [9.17, 15) is 25.9 Å². The van der Waals surface area contributed by atoms with Gasteiger partial charge in [-0.2, -0.15) is 0 Å². The molecule has 0 amide bonds. The van der Waals surface area contributed by atoms with Gasteiger partial charge in [-0.05, 0) is 48.1 Å². The second-order valence-electron chi connectivity index (χ2n) is 5.57. The molecule has 3 aromatic rings. The van der Waals surface area contributed by atoms with E-state index in [1.165, 1.54) is 36.4 Å². The van der Waals surface area contributed by atoms with Gasteiger partial charge in [-0.15, -0.1) is 0 Å². The maximum atomic E-state index is 11.4. The Morgan fingerprint density at radius 3 is 1.31 bits per heavy atom. The largest absolute Gasteiger partial charge is 0.744 e. The van der Waals surface area contributed by atoms with Crippen molar-refractivity contribution in [2.24, 2.45) is 0 Å². The van der Waals surface area contributed by atoms with Gasteiger partial charge in [-0.3, -0.25) is 0 Å². The number of quaternary nitrogens is 2. The van der Waals surface area contributed by atoms with Crippen LogP contribution in [0, 0.1) is 0 Å². The van der Waals surface area contributed by atoms with Crippen molar-refractivity contribution in [3.8, 4) is 0 Å². The summed E-state index contributed by atoms with van der Waals surface area (Å²) in [7, 11) is -10.7. The molecule has 0 bridgehead atoms. The van der Waals surface area contributed by atoms with Crippen molar-refractivity contribution in [2.75, 3.05) is 0 Å². The molecule has 0 saturated carbocycles. The van der Waals surface area contributed by atoms with Gasteiger partial charge in [0.05, 0.1) is 9.79 Å². The van der Waals surface area contributed by atoms with E-state index in [1.54, 1.807) is 24.3 Å². The van der Waals surface area contributed by atoms with Gasteiger partial charge in [0.15, 0.2) is 0 Å². The van der Waals surface area contributed by atoms with Crippen molar-refractivity contribution in [2.45, 2.75) is 9.79 Å². The first-order chi connectivity index (χ1) is 12.7. The maximum absolute atomic E-state index is 11.4. The van der Waals surface area contributed by atoms with Crippen molar-refractivity contribution in [1.29, 1.82) is 0 Å². The number of benzene rings is 3. The fourth-order valence-electron chi connectivity index (χ4n) is 2.58. The van der Waals surface area contributed by atoms with E-state index in [0.717, 1.165) is 5.30 Å². The van der Waals surface area contributed by atoms with E-state index in [1.807, 2.05) is 18.2 Å². The summed E-state index contributed by atoms with van der Waals surface area (Å²) in [6.45, 7) is 0. The standard InChI is InChI=1S/C18H15O6PS2.2H3N/c19-26(20,21)17-10-4-8-15(12-17)25(14-6-2-1-3-7-14)16-9-5-11-18(13-16)27(22,23)24;;/h1-13H,(H,19,20,21)(H,22,23,24);2*1H3. The molecule has 0 aromatic heterocycles. The van der Waals surface area contributed by atoms with Crippen molar-refractivity contribution in [3.05, 3.63) is 78.9 Å². The lowest BCUT2D eigenvalue weighted by atomic mass is 10.3. The number of rotatable bonds is 5. The fourth-order valence-corrected chi connectivity index (χ4v) is 6.16. The van der Waals surface area contributed by atoms with Crippen molar-refractivity contribution >= 4 is 44.1 Å². The van der Waals surface area contributed by atoms with Gasteiger partial charge >= 0.3 is 0 Å². The zero-order valence-electron chi connectivity index (χ0n) is 15.7. The molecule has 0 aliphatic heterocycles. The van der Waals surface area contributed by atoms with Crippen LogP contribution in [0.4, 0.5) is 0 Å². The Morgan fingerprint density at radius 2 is 0.931 bits per heavy atom. The average molecular weight is 456 g/mol. The Balaban J connectivity index is 0.00000210. The van der Waals surface area contributed by atoms with E-state index in [2.05, 4.69) is 0 Å². The van der Waals surface area contributed by atoms with Crippen LogP contribution in [0.3, 0.4) is 0 Å². The molecule has 0 radical (unpaired) electrons. The third-order valence-corrected chi connectivity index (χ3v) is 7.81. The van der Waals surface area contributed by atoms with Gasteiger partial charge in [-0.25, -0.2) is 16.8 Å². The lowest BCUT2D eigenvalue weighted by Crippen LogP contribution is -2.22. The summed E-state index contributed by atoms with van der Waals surface area (Å²) in [5.74, 6) is 0. The van der Waals surface area contributed by atoms with Gasteiger partial charge in [0.25, 0.3) is 0 Å². The van der Waals surface area contributed by atoms with E-state index < -0.39 is 28.2 Å². The number of hydrogen-bond acceptors (Lipinski definition) is 6. The molecule has 0 aliphatic rings. The number of hydrogen-bond donors (Lipinski definition) is 2. The van der Waals surface area contributed by atoms with Crippen LogP contribution >= 0.6 is 7.92 Å². The predicted octanol–water partition coefficient (Wildman–Crippen LogP) is 2.01. The van der Waals surface area contributed by atoms with Gasteiger partial charge < -0.3 is 21.4 Å². The van der Waals surface area contributed by atoms with E-state index in [4.69, 9.17) is 0 Å². The zero-order chi connectivity index (χ0) is 19.7. The molecule has 0 aliphatic carbocycles. The lowest BCUT2D eigenvalue weighted by Gasteiger charge is -2.21. The summed E-state index contributed by atoms with van der Waals surface area (Å²) < 4.78 is 68.4. The van der Waals surface area contributed by atoms with Crippen LogP contribution in [-0.4, -0.2) is 25.9 Å². The molecular formula is C18H21N2O6PS2. The minimum Gasteiger partial charge on any atom is -0.744 e. The Hall–Kier alpha value is -2.17. The quantitative estimate of drug-likeness (QED) is 0.436. The van der Waals surface area contributed by atoms with Crippen LogP contribution in [0.1, 0.15) is 0 Å². The molecule has 8 nitrogen and oxygen atoms in total.